The maximum Gasteiger partial charge on any atom is 0.417 e. The van der Waals surface area contributed by atoms with Gasteiger partial charge in [-0.1, -0.05) is 23.7 Å². The van der Waals surface area contributed by atoms with Gasteiger partial charge in [0.15, 0.2) is 0 Å². The summed E-state index contributed by atoms with van der Waals surface area (Å²) in [4.78, 5) is 1.98. The molecule has 22 heavy (non-hydrogen) atoms. The van der Waals surface area contributed by atoms with Crippen molar-refractivity contribution in [1.82, 2.24) is 10.2 Å². The van der Waals surface area contributed by atoms with Gasteiger partial charge in [-0.25, -0.2) is 0 Å². The minimum Gasteiger partial charge on any atom is -0.314 e. The van der Waals surface area contributed by atoms with E-state index in [4.69, 9.17) is 11.6 Å². The molecule has 0 bridgehead atoms. The van der Waals surface area contributed by atoms with Crippen molar-refractivity contribution >= 4 is 24.0 Å². The Bertz CT molecular complexity index is 476. The number of nitrogens with zero attached hydrogens (tertiary/aromatic N) is 1. The normalized spacial score (nSPS) is 17.9. The second-order valence-corrected chi connectivity index (χ2v) is 5.36. The number of hydrogen-bond acceptors (Lipinski definition) is 2. The van der Waals surface area contributed by atoms with Crippen molar-refractivity contribution in [2.24, 2.45) is 0 Å². The molecule has 2 rings (SSSR count). The Hall–Kier alpha value is -0.560. The topological polar surface area (TPSA) is 15.3 Å². The van der Waals surface area contributed by atoms with Crippen molar-refractivity contribution in [1.29, 1.82) is 0 Å². The molecule has 126 valence electrons. The summed E-state index contributed by atoms with van der Waals surface area (Å²) in [7, 11) is 0. The van der Waals surface area contributed by atoms with Gasteiger partial charge in [-0.3, -0.25) is 9.29 Å². The van der Waals surface area contributed by atoms with Crippen molar-refractivity contribution in [3.63, 3.8) is 0 Å². The van der Waals surface area contributed by atoms with E-state index in [0.717, 1.165) is 19.2 Å². The fourth-order valence-corrected chi connectivity index (χ4v) is 3.02. The molecule has 1 fully saturated rings. The fraction of sp³-hybridized carbons (Fsp3) is 0.571. The second kappa shape index (κ2) is 8.34. The van der Waals surface area contributed by atoms with Crippen molar-refractivity contribution in [3.8, 4) is 0 Å². The molecular formula is C14H18Cl2F4N2. The zero-order chi connectivity index (χ0) is 15.5. The molecule has 1 atom stereocenters. The first-order chi connectivity index (χ1) is 9.95. The molecule has 1 heterocycles. The van der Waals surface area contributed by atoms with Crippen LogP contribution >= 0.6 is 24.0 Å². The number of hydrogen-bond donors (Lipinski definition) is 1. The van der Waals surface area contributed by atoms with Crippen LogP contribution in [-0.2, 0) is 6.18 Å². The Balaban J connectivity index is 0.00000242. The van der Waals surface area contributed by atoms with Gasteiger partial charge in [0.1, 0.15) is 0 Å². The predicted octanol–water partition coefficient (Wildman–Crippen LogP) is 4.09. The van der Waals surface area contributed by atoms with E-state index < -0.39 is 24.5 Å². The van der Waals surface area contributed by atoms with E-state index in [1.54, 1.807) is 6.07 Å². The molecule has 0 amide bonds. The number of nitrogens with one attached hydrogen (secondary N) is 1. The Morgan fingerprint density at radius 1 is 1.23 bits per heavy atom. The molecule has 1 N–H and O–H groups in total. The molecule has 0 unspecified atom stereocenters. The first-order valence-electron chi connectivity index (χ1n) is 6.81. The molecule has 1 aromatic carbocycles. The standard InChI is InChI=1S/C14H17ClF4N2.ClH/c15-13-10(2-1-3-11(13)14(17,18)19)12(4-5-16)21-8-6-20-7-9-21;/h1-3,12,20H,4-9H2;1H/t12-;/m1./s1. The SMILES string of the molecule is Cl.FCC[C@H](c1cccc(C(F)(F)F)c1Cl)N1CCNCC1. The summed E-state index contributed by atoms with van der Waals surface area (Å²) in [5.74, 6) is 0. The molecule has 1 saturated heterocycles. The first-order valence-corrected chi connectivity index (χ1v) is 7.19. The van der Waals surface area contributed by atoms with E-state index >= 15 is 0 Å². The van der Waals surface area contributed by atoms with Gasteiger partial charge in [0.2, 0.25) is 0 Å². The molecule has 1 aliphatic rings. The van der Waals surface area contributed by atoms with Crippen LogP contribution in [0.1, 0.15) is 23.6 Å². The maximum absolute atomic E-state index is 12.9. The summed E-state index contributed by atoms with van der Waals surface area (Å²) in [5, 5.41) is 2.85. The lowest BCUT2D eigenvalue weighted by Crippen LogP contribution is -2.45. The maximum atomic E-state index is 12.9. The third kappa shape index (κ3) is 4.47. The van der Waals surface area contributed by atoms with Crippen molar-refractivity contribution < 1.29 is 17.6 Å². The Labute approximate surface area is 138 Å². The molecule has 0 saturated carbocycles. The van der Waals surface area contributed by atoms with E-state index in [0.29, 0.717) is 18.7 Å². The van der Waals surface area contributed by atoms with Gasteiger partial charge in [-0.2, -0.15) is 13.2 Å². The van der Waals surface area contributed by atoms with Crippen LogP contribution < -0.4 is 5.32 Å². The van der Waals surface area contributed by atoms with Gasteiger partial charge in [0, 0.05) is 32.2 Å². The zero-order valence-corrected chi connectivity index (χ0v) is 13.4. The lowest BCUT2D eigenvalue weighted by Gasteiger charge is -2.35. The smallest absolute Gasteiger partial charge is 0.314 e. The van der Waals surface area contributed by atoms with Gasteiger partial charge in [0.25, 0.3) is 0 Å². The van der Waals surface area contributed by atoms with Crippen LogP contribution in [-0.4, -0.2) is 37.8 Å². The minimum absolute atomic E-state index is 0. The highest BCUT2D eigenvalue weighted by atomic mass is 35.5. The van der Waals surface area contributed by atoms with Gasteiger partial charge in [0.05, 0.1) is 17.3 Å². The third-order valence-electron chi connectivity index (χ3n) is 3.67. The average Bonchev–Trinajstić information content (AvgIpc) is 2.45. The molecule has 2 nitrogen and oxygen atoms in total. The van der Waals surface area contributed by atoms with Crippen molar-refractivity contribution in [3.05, 3.63) is 34.3 Å². The summed E-state index contributed by atoms with van der Waals surface area (Å²) >= 11 is 5.96. The molecule has 1 aromatic rings. The molecule has 0 aliphatic carbocycles. The number of piperazine rings is 1. The highest BCUT2D eigenvalue weighted by Crippen LogP contribution is 2.40. The molecular weight excluding hydrogens is 343 g/mol. The van der Waals surface area contributed by atoms with Gasteiger partial charge < -0.3 is 5.32 Å². The monoisotopic (exact) mass is 360 g/mol. The van der Waals surface area contributed by atoms with Crippen LogP contribution in [0.25, 0.3) is 0 Å². The number of rotatable bonds is 4. The summed E-state index contributed by atoms with van der Waals surface area (Å²) < 4.78 is 51.7. The average molecular weight is 361 g/mol. The fourth-order valence-electron chi connectivity index (χ4n) is 2.66. The predicted molar refractivity (Wildman–Crippen MR) is 81.5 cm³/mol. The van der Waals surface area contributed by atoms with Gasteiger partial charge >= 0.3 is 6.18 Å². The van der Waals surface area contributed by atoms with Crippen LogP contribution in [0, 0.1) is 0 Å². The number of alkyl halides is 4. The summed E-state index contributed by atoms with van der Waals surface area (Å²) in [6, 6.07) is 3.42. The quantitative estimate of drug-likeness (QED) is 0.813. The van der Waals surface area contributed by atoms with E-state index in [9.17, 15) is 17.6 Å². The lowest BCUT2D eigenvalue weighted by molar-refractivity contribution is -0.137. The summed E-state index contributed by atoms with van der Waals surface area (Å²) in [6.45, 7) is 2.20. The molecule has 0 spiro atoms. The zero-order valence-electron chi connectivity index (χ0n) is 11.8. The third-order valence-corrected chi connectivity index (χ3v) is 4.09. The summed E-state index contributed by atoms with van der Waals surface area (Å²) in [6.07, 6.45) is -4.36. The molecule has 0 aromatic heterocycles. The largest absolute Gasteiger partial charge is 0.417 e. The Morgan fingerprint density at radius 2 is 1.86 bits per heavy atom. The van der Waals surface area contributed by atoms with Crippen LogP contribution in [0.3, 0.4) is 0 Å². The van der Waals surface area contributed by atoms with E-state index in [-0.39, 0.29) is 23.9 Å². The van der Waals surface area contributed by atoms with Crippen molar-refractivity contribution in [2.45, 2.75) is 18.6 Å². The van der Waals surface area contributed by atoms with Gasteiger partial charge in [-0.05, 0) is 18.1 Å². The van der Waals surface area contributed by atoms with Crippen LogP contribution in [0.5, 0.6) is 0 Å². The highest BCUT2D eigenvalue weighted by Gasteiger charge is 2.35. The Morgan fingerprint density at radius 3 is 2.41 bits per heavy atom. The summed E-state index contributed by atoms with van der Waals surface area (Å²) in [5.41, 5.74) is -0.508. The molecule has 8 heteroatoms. The lowest BCUT2D eigenvalue weighted by atomic mass is 9.99. The second-order valence-electron chi connectivity index (χ2n) is 4.99. The van der Waals surface area contributed by atoms with E-state index in [1.165, 1.54) is 6.07 Å². The van der Waals surface area contributed by atoms with E-state index in [2.05, 4.69) is 5.32 Å². The highest BCUT2D eigenvalue weighted by molar-refractivity contribution is 6.32. The molecule has 0 radical (unpaired) electrons. The van der Waals surface area contributed by atoms with E-state index in [1.807, 2.05) is 4.90 Å². The van der Waals surface area contributed by atoms with Crippen molar-refractivity contribution in [2.75, 3.05) is 32.9 Å². The van der Waals surface area contributed by atoms with Gasteiger partial charge in [-0.15, -0.1) is 12.4 Å². The Kier molecular flexibility index (Phi) is 7.38. The number of halogens is 6. The molecule has 1 aliphatic heterocycles. The minimum atomic E-state index is -4.50. The number of benzene rings is 1. The van der Waals surface area contributed by atoms with Crippen LogP contribution in [0.2, 0.25) is 5.02 Å². The first kappa shape index (κ1) is 19.5. The van der Waals surface area contributed by atoms with Crippen LogP contribution in [0.4, 0.5) is 17.6 Å². The van der Waals surface area contributed by atoms with Crippen LogP contribution in [0.15, 0.2) is 18.2 Å².